The summed E-state index contributed by atoms with van der Waals surface area (Å²) in [5, 5.41) is 7.49. The second-order valence-corrected chi connectivity index (χ2v) is 7.32. The summed E-state index contributed by atoms with van der Waals surface area (Å²) in [5.74, 6) is 0.728. The maximum Gasteiger partial charge on any atom is 0.240 e. The van der Waals surface area contributed by atoms with E-state index in [0.29, 0.717) is 11.0 Å². The Labute approximate surface area is 157 Å². The van der Waals surface area contributed by atoms with Gasteiger partial charge in [0, 0.05) is 18.3 Å². The molecule has 0 aliphatic carbocycles. The van der Waals surface area contributed by atoms with Crippen molar-refractivity contribution in [1.29, 1.82) is 0 Å². The first-order valence-corrected chi connectivity index (χ1v) is 9.47. The van der Waals surface area contributed by atoms with Gasteiger partial charge in [-0.2, -0.15) is 0 Å². The predicted octanol–water partition coefficient (Wildman–Crippen LogP) is 4.18. The van der Waals surface area contributed by atoms with E-state index in [9.17, 15) is 4.79 Å². The van der Waals surface area contributed by atoms with Gasteiger partial charge in [-0.05, 0) is 31.0 Å². The molecule has 0 saturated heterocycles. The van der Waals surface area contributed by atoms with Crippen LogP contribution in [-0.4, -0.2) is 33.4 Å². The lowest BCUT2D eigenvalue weighted by molar-refractivity contribution is -0.117. The van der Waals surface area contributed by atoms with Gasteiger partial charge in [-0.1, -0.05) is 61.2 Å². The molecule has 5 nitrogen and oxygen atoms in total. The topological polar surface area (TPSA) is 61.9 Å². The Morgan fingerprint density at radius 2 is 1.85 bits per heavy atom. The number of rotatable bonds is 6. The van der Waals surface area contributed by atoms with Crippen molar-refractivity contribution in [3.8, 4) is 11.4 Å². The molecule has 0 bridgehead atoms. The third-order valence-electron chi connectivity index (χ3n) is 4.20. The van der Waals surface area contributed by atoms with Crippen LogP contribution in [0.2, 0.25) is 0 Å². The highest BCUT2D eigenvalue weighted by molar-refractivity contribution is 8.00. The van der Waals surface area contributed by atoms with Crippen LogP contribution in [0.3, 0.4) is 0 Å². The fourth-order valence-electron chi connectivity index (χ4n) is 2.59. The number of anilines is 1. The first-order valence-electron chi connectivity index (χ1n) is 8.59. The third kappa shape index (κ3) is 4.14. The van der Waals surface area contributed by atoms with Crippen molar-refractivity contribution in [3.05, 3.63) is 60.2 Å². The van der Waals surface area contributed by atoms with E-state index in [4.69, 9.17) is 0 Å². The molecule has 0 fully saturated rings. The van der Waals surface area contributed by atoms with Crippen LogP contribution < -0.4 is 4.90 Å². The van der Waals surface area contributed by atoms with Gasteiger partial charge < -0.3 is 4.90 Å². The SMILES string of the molecule is CCc1ccc(-c2nc(S[C@@H](C)C(=O)N(C)c3ccccc3)n[nH]2)cc1. The van der Waals surface area contributed by atoms with Gasteiger partial charge in [0.25, 0.3) is 0 Å². The van der Waals surface area contributed by atoms with Gasteiger partial charge in [-0.25, -0.2) is 4.98 Å². The molecular formula is C20H22N4OS. The van der Waals surface area contributed by atoms with Gasteiger partial charge in [-0.15, -0.1) is 5.10 Å². The standard InChI is InChI=1S/C20H22N4OS/c1-4-15-10-12-16(13-11-15)18-21-20(23-22-18)26-14(2)19(25)24(3)17-8-6-5-7-9-17/h5-14H,4H2,1-3H3,(H,21,22,23)/t14-/m0/s1. The van der Waals surface area contributed by atoms with Crippen molar-refractivity contribution in [1.82, 2.24) is 15.2 Å². The Bertz CT molecular complexity index is 861. The number of carbonyl (C=O) groups is 1. The van der Waals surface area contributed by atoms with Gasteiger partial charge in [0.15, 0.2) is 5.82 Å². The summed E-state index contributed by atoms with van der Waals surface area (Å²) >= 11 is 1.35. The van der Waals surface area contributed by atoms with Gasteiger partial charge in [-0.3, -0.25) is 9.89 Å². The van der Waals surface area contributed by atoms with Crippen LogP contribution in [0.4, 0.5) is 5.69 Å². The Hall–Kier alpha value is -2.60. The fourth-order valence-corrected chi connectivity index (χ4v) is 3.40. The molecule has 1 aromatic heterocycles. The van der Waals surface area contributed by atoms with E-state index in [2.05, 4.69) is 34.2 Å². The first-order chi connectivity index (χ1) is 12.6. The second-order valence-electron chi connectivity index (χ2n) is 6.01. The third-order valence-corrected chi connectivity index (χ3v) is 5.15. The van der Waals surface area contributed by atoms with Crippen molar-refractivity contribution in [3.63, 3.8) is 0 Å². The molecule has 1 atom stereocenters. The number of hydrogen-bond donors (Lipinski definition) is 1. The largest absolute Gasteiger partial charge is 0.315 e. The number of aryl methyl sites for hydroxylation is 1. The highest BCUT2D eigenvalue weighted by Crippen LogP contribution is 2.25. The number of carbonyl (C=O) groups excluding carboxylic acids is 1. The summed E-state index contributed by atoms with van der Waals surface area (Å²) in [6.45, 7) is 4.00. The Morgan fingerprint density at radius 3 is 2.50 bits per heavy atom. The van der Waals surface area contributed by atoms with E-state index in [0.717, 1.165) is 17.7 Å². The first kappa shape index (κ1) is 18.2. The fraction of sp³-hybridized carbons (Fsp3) is 0.250. The minimum Gasteiger partial charge on any atom is -0.315 e. The van der Waals surface area contributed by atoms with E-state index in [-0.39, 0.29) is 11.2 Å². The summed E-state index contributed by atoms with van der Waals surface area (Å²) in [5.41, 5.74) is 3.14. The maximum atomic E-state index is 12.6. The smallest absolute Gasteiger partial charge is 0.240 e. The normalized spacial score (nSPS) is 12.0. The molecule has 1 heterocycles. The molecule has 0 radical (unpaired) electrons. The Balaban J connectivity index is 1.67. The van der Waals surface area contributed by atoms with E-state index in [1.807, 2.05) is 49.4 Å². The number of H-pyrrole nitrogens is 1. The molecular weight excluding hydrogens is 344 g/mol. The number of aromatic nitrogens is 3. The molecule has 0 unspecified atom stereocenters. The monoisotopic (exact) mass is 366 g/mol. The molecule has 3 rings (SSSR count). The lowest BCUT2D eigenvalue weighted by Crippen LogP contribution is -2.33. The average molecular weight is 366 g/mol. The molecule has 3 aromatic rings. The van der Waals surface area contributed by atoms with Gasteiger partial charge in [0.05, 0.1) is 5.25 Å². The second kappa shape index (κ2) is 8.19. The number of hydrogen-bond acceptors (Lipinski definition) is 4. The van der Waals surface area contributed by atoms with Crippen LogP contribution in [0.1, 0.15) is 19.4 Å². The summed E-state index contributed by atoms with van der Waals surface area (Å²) < 4.78 is 0. The highest BCUT2D eigenvalue weighted by atomic mass is 32.2. The minimum atomic E-state index is -0.286. The molecule has 1 amide bonds. The molecule has 0 saturated carbocycles. The highest BCUT2D eigenvalue weighted by Gasteiger charge is 2.21. The zero-order valence-corrected chi connectivity index (χ0v) is 16.0. The average Bonchev–Trinajstić information content (AvgIpc) is 3.16. The number of nitrogens with zero attached hydrogens (tertiary/aromatic N) is 3. The number of nitrogens with one attached hydrogen (secondary N) is 1. The van der Waals surface area contributed by atoms with Crippen molar-refractivity contribution in [2.45, 2.75) is 30.7 Å². The summed E-state index contributed by atoms with van der Waals surface area (Å²) in [4.78, 5) is 18.8. The molecule has 6 heteroatoms. The van der Waals surface area contributed by atoms with Crippen molar-refractivity contribution in [2.75, 3.05) is 11.9 Å². The number of aromatic amines is 1. The number of thioether (sulfide) groups is 1. The van der Waals surface area contributed by atoms with Crippen molar-refractivity contribution >= 4 is 23.4 Å². The Morgan fingerprint density at radius 1 is 1.15 bits per heavy atom. The van der Waals surface area contributed by atoms with Crippen molar-refractivity contribution < 1.29 is 4.79 Å². The van der Waals surface area contributed by atoms with Crippen molar-refractivity contribution in [2.24, 2.45) is 0 Å². The quantitative estimate of drug-likeness (QED) is 0.665. The molecule has 1 N–H and O–H groups in total. The Kier molecular flexibility index (Phi) is 5.73. The van der Waals surface area contributed by atoms with Gasteiger partial charge >= 0.3 is 0 Å². The zero-order chi connectivity index (χ0) is 18.5. The van der Waals surface area contributed by atoms with Crippen LogP contribution in [0.5, 0.6) is 0 Å². The minimum absolute atomic E-state index is 0.0137. The molecule has 0 aliphatic rings. The van der Waals surface area contributed by atoms with Crippen LogP contribution in [0.25, 0.3) is 11.4 Å². The van der Waals surface area contributed by atoms with Crippen LogP contribution in [0.15, 0.2) is 59.8 Å². The lowest BCUT2D eigenvalue weighted by atomic mass is 10.1. The maximum absolute atomic E-state index is 12.6. The van der Waals surface area contributed by atoms with Crippen LogP contribution in [-0.2, 0) is 11.2 Å². The van der Waals surface area contributed by atoms with E-state index >= 15 is 0 Å². The molecule has 26 heavy (non-hydrogen) atoms. The number of amides is 1. The number of para-hydroxylation sites is 1. The predicted molar refractivity (Wildman–Crippen MR) is 106 cm³/mol. The van der Waals surface area contributed by atoms with E-state index in [1.165, 1.54) is 17.3 Å². The molecule has 134 valence electrons. The van der Waals surface area contributed by atoms with Crippen LogP contribution in [0, 0.1) is 0 Å². The lowest BCUT2D eigenvalue weighted by Gasteiger charge is -2.20. The van der Waals surface area contributed by atoms with Gasteiger partial charge in [0.2, 0.25) is 11.1 Å². The number of benzene rings is 2. The van der Waals surface area contributed by atoms with Crippen LogP contribution >= 0.6 is 11.8 Å². The van der Waals surface area contributed by atoms with E-state index < -0.39 is 0 Å². The summed E-state index contributed by atoms with van der Waals surface area (Å²) in [7, 11) is 1.79. The summed E-state index contributed by atoms with van der Waals surface area (Å²) in [6.07, 6.45) is 1.01. The molecule has 2 aromatic carbocycles. The molecule has 0 aliphatic heterocycles. The zero-order valence-electron chi connectivity index (χ0n) is 15.1. The van der Waals surface area contributed by atoms with Gasteiger partial charge in [0.1, 0.15) is 0 Å². The molecule has 0 spiro atoms. The summed E-state index contributed by atoms with van der Waals surface area (Å²) in [6, 6.07) is 17.8. The van der Waals surface area contributed by atoms with E-state index in [1.54, 1.807) is 11.9 Å².